The summed E-state index contributed by atoms with van der Waals surface area (Å²) in [5.41, 5.74) is 0.942. The van der Waals surface area contributed by atoms with E-state index >= 15 is 0 Å². The number of esters is 2. The number of methoxy groups -OCH3 is 2. The Morgan fingerprint density at radius 1 is 1.05 bits per heavy atom. The van der Waals surface area contributed by atoms with Crippen molar-refractivity contribution in [1.82, 2.24) is 4.90 Å². The minimum atomic E-state index is -0.405. The van der Waals surface area contributed by atoms with Crippen molar-refractivity contribution in [3.05, 3.63) is 34.9 Å². The number of hydrogen-bond acceptors (Lipinski definition) is 5. The van der Waals surface area contributed by atoms with Crippen LogP contribution in [0.15, 0.2) is 24.3 Å². The Balaban J connectivity index is 2.69. The Kier molecular flexibility index (Phi) is 6.32. The highest BCUT2D eigenvalue weighted by atomic mass is 35.5. The maximum absolute atomic E-state index is 11.3. The number of nitrogens with zero attached hydrogens (tertiary/aromatic N) is 1. The van der Waals surface area contributed by atoms with E-state index in [0.29, 0.717) is 11.6 Å². The van der Waals surface area contributed by atoms with Crippen LogP contribution >= 0.6 is 11.6 Å². The van der Waals surface area contributed by atoms with Gasteiger partial charge >= 0.3 is 11.9 Å². The lowest BCUT2D eigenvalue weighted by molar-refractivity contribution is -0.145. The lowest BCUT2D eigenvalue weighted by Crippen LogP contribution is -2.35. The molecule has 0 saturated carbocycles. The molecule has 0 atom stereocenters. The van der Waals surface area contributed by atoms with E-state index in [1.54, 1.807) is 17.0 Å². The number of carbonyl (C=O) groups excluding carboxylic acids is 2. The minimum absolute atomic E-state index is 0.0221. The third-order valence-electron chi connectivity index (χ3n) is 2.48. The number of halogens is 1. The van der Waals surface area contributed by atoms with Gasteiger partial charge in [0.15, 0.2) is 0 Å². The molecule has 0 heterocycles. The minimum Gasteiger partial charge on any atom is -0.468 e. The highest BCUT2D eigenvalue weighted by Gasteiger charge is 2.15. The first-order valence-corrected chi connectivity index (χ1v) is 6.03. The number of carbonyl (C=O) groups is 2. The topological polar surface area (TPSA) is 55.8 Å². The molecule has 0 fully saturated rings. The largest absolute Gasteiger partial charge is 0.468 e. The third-order valence-corrected chi connectivity index (χ3v) is 2.73. The predicted molar refractivity (Wildman–Crippen MR) is 70.8 cm³/mol. The van der Waals surface area contributed by atoms with Gasteiger partial charge in [0, 0.05) is 11.6 Å². The van der Waals surface area contributed by atoms with Crippen LogP contribution in [0.1, 0.15) is 5.56 Å². The zero-order chi connectivity index (χ0) is 14.3. The van der Waals surface area contributed by atoms with Gasteiger partial charge in [0.25, 0.3) is 0 Å². The molecule has 1 aromatic rings. The van der Waals surface area contributed by atoms with Crippen LogP contribution in [-0.2, 0) is 25.6 Å². The van der Waals surface area contributed by atoms with E-state index in [4.69, 9.17) is 11.6 Å². The summed E-state index contributed by atoms with van der Waals surface area (Å²) in [6, 6.07) is 7.19. The molecule has 0 aliphatic carbocycles. The predicted octanol–water partition coefficient (Wildman–Crippen LogP) is 1.49. The first kappa shape index (κ1) is 15.5. The van der Waals surface area contributed by atoms with Gasteiger partial charge in [-0.3, -0.25) is 14.5 Å². The first-order valence-electron chi connectivity index (χ1n) is 5.65. The van der Waals surface area contributed by atoms with Gasteiger partial charge in [0.1, 0.15) is 0 Å². The first-order chi connectivity index (χ1) is 9.05. The molecule has 0 saturated heterocycles. The second-order valence-electron chi connectivity index (χ2n) is 3.92. The molecular weight excluding hydrogens is 270 g/mol. The highest BCUT2D eigenvalue weighted by molar-refractivity contribution is 6.30. The zero-order valence-corrected chi connectivity index (χ0v) is 11.6. The Morgan fingerprint density at radius 2 is 1.53 bits per heavy atom. The van der Waals surface area contributed by atoms with Crippen LogP contribution in [0.3, 0.4) is 0 Å². The molecule has 5 nitrogen and oxygen atoms in total. The van der Waals surface area contributed by atoms with E-state index in [1.807, 2.05) is 12.1 Å². The molecule has 19 heavy (non-hydrogen) atoms. The molecule has 0 aliphatic rings. The van der Waals surface area contributed by atoms with Crippen molar-refractivity contribution in [2.45, 2.75) is 6.54 Å². The summed E-state index contributed by atoms with van der Waals surface area (Å²) >= 11 is 5.80. The van der Waals surface area contributed by atoms with Crippen LogP contribution in [0.2, 0.25) is 5.02 Å². The highest BCUT2D eigenvalue weighted by Crippen LogP contribution is 2.11. The monoisotopic (exact) mass is 285 g/mol. The van der Waals surface area contributed by atoms with E-state index in [9.17, 15) is 9.59 Å². The molecule has 0 aliphatic heterocycles. The number of hydrogen-bond donors (Lipinski definition) is 0. The number of ether oxygens (including phenoxy) is 2. The standard InChI is InChI=1S/C13H16ClNO4/c1-18-12(16)8-15(9-13(17)19-2)7-10-3-5-11(14)6-4-10/h3-6H,7-9H2,1-2H3. The second kappa shape index (κ2) is 7.76. The van der Waals surface area contributed by atoms with Crippen molar-refractivity contribution in [1.29, 1.82) is 0 Å². The summed E-state index contributed by atoms with van der Waals surface area (Å²) in [4.78, 5) is 24.2. The van der Waals surface area contributed by atoms with E-state index < -0.39 is 11.9 Å². The van der Waals surface area contributed by atoms with Gasteiger partial charge in [-0.25, -0.2) is 0 Å². The molecule has 0 amide bonds. The van der Waals surface area contributed by atoms with Gasteiger partial charge in [-0.1, -0.05) is 23.7 Å². The van der Waals surface area contributed by atoms with Crippen molar-refractivity contribution in [3.8, 4) is 0 Å². The van der Waals surface area contributed by atoms with Crippen LogP contribution in [0.5, 0.6) is 0 Å². The number of benzene rings is 1. The van der Waals surface area contributed by atoms with Crippen molar-refractivity contribution in [3.63, 3.8) is 0 Å². The van der Waals surface area contributed by atoms with Crippen molar-refractivity contribution in [2.75, 3.05) is 27.3 Å². The molecule has 1 aromatic carbocycles. The molecule has 0 unspecified atom stereocenters. The Morgan fingerprint density at radius 3 is 1.95 bits per heavy atom. The molecule has 1 rings (SSSR count). The molecule has 104 valence electrons. The maximum atomic E-state index is 11.3. The summed E-state index contributed by atoms with van der Waals surface area (Å²) < 4.78 is 9.20. The Hall–Kier alpha value is -1.59. The fourth-order valence-electron chi connectivity index (χ4n) is 1.51. The lowest BCUT2D eigenvalue weighted by atomic mass is 10.2. The summed E-state index contributed by atoms with van der Waals surface area (Å²) in [5.74, 6) is -0.810. The SMILES string of the molecule is COC(=O)CN(CC(=O)OC)Cc1ccc(Cl)cc1. The van der Waals surface area contributed by atoms with Crippen molar-refractivity contribution >= 4 is 23.5 Å². The molecule has 0 aromatic heterocycles. The van der Waals surface area contributed by atoms with Crippen molar-refractivity contribution < 1.29 is 19.1 Å². The van der Waals surface area contributed by atoms with Crippen LogP contribution < -0.4 is 0 Å². The average molecular weight is 286 g/mol. The fraction of sp³-hybridized carbons (Fsp3) is 0.385. The van der Waals surface area contributed by atoms with E-state index in [-0.39, 0.29) is 13.1 Å². The van der Waals surface area contributed by atoms with Gasteiger partial charge in [0.05, 0.1) is 27.3 Å². The Labute approximate surface area is 117 Å². The lowest BCUT2D eigenvalue weighted by Gasteiger charge is -2.19. The fourth-order valence-corrected chi connectivity index (χ4v) is 1.64. The Bertz CT molecular complexity index is 415. The summed E-state index contributed by atoms with van der Waals surface area (Å²) in [7, 11) is 2.61. The van der Waals surface area contributed by atoms with Gasteiger partial charge in [0.2, 0.25) is 0 Å². The van der Waals surface area contributed by atoms with E-state index in [0.717, 1.165) is 5.56 Å². The number of rotatable bonds is 6. The van der Waals surface area contributed by atoms with Gasteiger partial charge in [-0.15, -0.1) is 0 Å². The second-order valence-corrected chi connectivity index (χ2v) is 4.36. The van der Waals surface area contributed by atoms with E-state index in [2.05, 4.69) is 9.47 Å². The third kappa shape index (κ3) is 5.72. The van der Waals surface area contributed by atoms with Crippen LogP contribution in [-0.4, -0.2) is 44.1 Å². The molecule has 0 radical (unpaired) electrons. The smallest absolute Gasteiger partial charge is 0.319 e. The molecule has 0 bridgehead atoms. The van der Waals surface area contributed by atoms with Crippen LogP contribution in [0, 0.1) is 0 Å². The normalized spacial score (nSPS) is 10.3. The maximum Gasteiger partial charge on any atom is 0.319 e. The summed E-state index contributed by atoms with van der Waals surface area (Å²) in [5, 5.41) is 0.635. The van der Waals surface area contributed by atoms with Gasteiger partial charge in [-0.2, -0.15) is 0 Å². The molecule has 0 N–H and O–H groups in total. The van der Waals surface area contributed by atoms with Gasteiger partial charge < -0.3 is 9.47 Å². The van der Waals surface area contributed by atoms with Crippen molar-refractivity contribution in [2.24, 2.45) is 0 Å². The summed E-state index contributed by atoms with van der Waals surface area (Å²) in [6.07, 6.45) is 0. The van der Waals surface area contributed by atoms with E-state index in [1.165, 1.54) is 14.2 Å². The quantitative estimate of drug-likeness (QED) is 0.741. The van der Waals surface area contributed by atoms with Crippen LogP contribution in [0.25, 0.3) is 0 Å². The zero-order valence-electron chi connectivity index (χ0n) is 10.9. The van der Waals surface area contributed by atoms with Gasteiger partial charge in [-0.05, 0) is 17.7 Å². The van der Waals surface area contributed by atoms with Crippen LogP contribution in [0.4, 0.5) is 0 Å². The average Bonchev–Trinajstić information content (AvgIpc) is 2.40. The molecular formula is C13H16ClNO4. The summed E-state index contributed by atoms with van der Waals surface area (Å²) in [6.45, 7) is 0.476. The molecule has 6 heteroatoms. The molecule has 0 spiro atoms.